The minimum atomic E-state index is 0.414. The lowest BCUT2D eigenvalue weighted by Crippen LogP contribution is -2.21. The van der Waals surface area contributed by atoms with Crippen LogP contribution in [0.1, 0.15) is 5.82 Å². The second-order valence-electron chi connectivity index (χ2n) is 2.57. The largest absolute Gasteiger partial charge is 0.386 e. The van der Waals surface area contributed by atoms with Gasteiger partial charge < -0.3 is 10.6 Å². The fourth-order valence-corrected chi connectivity index (χ4v) is 0.771. The van der Waals surface area contributed by atoms with E-state index in [-0.39, 0.29) is 0 Å². The van der Waals surface area contributed by atoms with Crippen LogP contribution < -0.4 is 5.73 Å². The lowest BCUT2D eigenvalue weighted by molar-refractivity contribution is 0.586. The van der Waals surface area contributed by atoms with E-state index in [9.17, 15) is 0 Å². The second kappa shape index (κ2) is 3.71. The second-order valence-corrected chi connectivity index (χ2v) is 2.57. The van der Waals surface area contributed by atoms with Gasteiger partial charge in [-0.05, 0) is 6.07 Å². The van der Waals surface area contributed by atoms with Crippen molar-refractivity contribution < 1.29 is 0 Å². The highest BCUT2D eigenvalue weighted by atomic mass is 15.2. The summed E-state index contributed by atoms with van der Waals surface area (Å²) in [6.07, 6.45) is 3.31. The molecule has 0 atom stereocenters. The first-order valence-electron chi connectivity index (χ1n) is 3.77. The molecule has 0 radical (unpaired) electrons. The van der Waals surface area contributed by atoms with Gasteiger partial charge in [0.05, 0.1) is 11.5 Å². The summed E-state index contributed by atoms with van der Waals surface area (Å²) in [6, 6.07) is 1.74. The van der Waals surface area contributed by atoms with Crippen LogP contribution in [0.3, 0.4) is 0 Å². The number of rotatable bonds is 3. The molecule has 0 saturated heterocycles. The van der Waals surface area contributed by atoms with Crippen LogP contribution in [0.15, 0.2) is 37.4 Å². The summed E-state index contributed by atoms with van der Waals surface area (Å²) in [7, 11) is 1.76. The zero-order chi connectivity index (χ0) is 9.84. The van der Waals surface area contributed by atoms with Gasteiger partial charge in [-0.1, -0.05) is 13.2 Å². The van der Waals surface area contributed by atoms with E-state index in [0.29, 0.717) is 17.3 Å². The van der Waals surface area contributed by atoms with Crippen molar-refractivity contribution in [2.24, 2.45) is 5.73 Å². The Morgan fingerprint density at radius 2 is 1.92 bits per heavy atom. The summed E-state index contributed by atoms with van der Waals surface area (Å²) in [6.45, 7) is 7.40. The fraction of sp³-hybridized carbons (Fsp3) is 0.111. The summed E-state index contributed by atoms with van der Waals surface area (Å²) in [5.74, 6) is 0.967. The Kier molecular flexibility index (Phi) is 2.64. The summed E-state index contributed by atoms with van der Waals surface area (Å²) >= 11 is 0. The first-order valence-corrected chi connectivity index (χ1v) is 3.77. The van der Waals surface area contributed by atoms with Crippen molar-refractivity contribution >= 4 is 5.70 Å². The predicted octanol–water partition coefficient (Wildman–Crippen LogP) is 0.809. The van der Waals surface area contributed by atoms with E-state index < -0.39 is 0 Å². The molecule has 0 aromatic carbocycles. The standard InChI is InChI=1S/C9H12N4/c1-7(13(3)8(2)10)9-11-5-4-6-12-9/h4-6H,1-2,10H2,3H3. The number of hydrogen-bond donors (Lipinski definition) is 1. The van der Waals surface area contributed by atoms with Crippen LogP contribution in [-0.4, -0.2) is 21.9 Å². The molecule has 1 aromatic rings. The number of nitrogens with two attached hydrogens (primary N) is 1. The molecule has 1 rings (SSSR count). The Bertz CT molecular complexity index is 318. The van der Waals surface area contributed by atoms with Gasteiger partial charge in [0.25, 0.3) is 0 Å². The molecule has 13 heavy (non-hydrogen) atoms. The van der Waals surface area contributed by atoms with Crippen LogP contribution in [0, 0.1) is 0 Å². The summed E-state index contributed by atoms with van der Waals surface area (Å²) < 4.78 is 0. The lowest BCUT2D eigenvalue weighted by Gasteiger charge is -2.19. The smallest absolute Gasteiger partial charge is 0.175 e. The number of aromatic nitrogens is 2. The van der Waals surface area contributed by atoms with Crippen LogP contribution in [0.2, 0.25) is 0 Å². The van der Waals surface area contributed by atoms with Gasteiger partial charge in [-0.3, -0.25) is 0 Å². The van der Waals surface area contributed by atoms with E-state index in [0.717, 1.165) is 0 Å². The maximum Gasteiger partial charge on any atom is 0.175 e. The molecule has 1 aromatic heterocycles. The Morgan fingerprint density at radius 3 is 2.38 bits per heavy atom. The molecule has 0 unspecified atom stereocenters. The highest BCUT2D eigenvalue weighted by Crippen LogP contribution is 2.11. The van der Waals surface area contributed by atoms with Crippen molar-refractivity contribution in [2.75, 3.05) is 7.05 Å². The van der Waals surface area contributed by atoms with Gasteiger partial charge >= 0.3 is 0 Å². The third-order valence-corrected chi connectivity index (χ3v) is 1.66. The number of nitrogens with zero attached hydrogens (tertiary/aromatic N) is 3. The van der Waals surface area contributed by atoms with Crippen molar-refractivity contribution in [3.8, 4) is 0 Å². The molecule has 0 bridgehead atoms. The number of hydrogen-bond acceptors (Lipinski definition) is 4. The van der Waals surface area contributed by atoms with E-state index in [1.807, 2.05) is 0 Å². The van der Waals surface area contributed by atoms with Gasteiger partial charge in [-0.15, -0.1) is 0 Å². The summed E-state index contributed by atoms with van der Waals surface area (Å²) in [5.41, 5.74) is 6.12. The maximum atomic E-state index is 5.49. The molecule has 0 amide bonds. The maximum absolute atomic E-state index is 5.49. The van der Waals surface area contributed by atoms with Gasteiger partial charge in [-0.25, -0.2) is 9.97 Å². The first-order chi connectivity index (χ1) is 6.13. The van der Waals surface area contributed by atoms with Crippen LogP contribution >= 0.6 is 0 Å². The van der Waals surface area contributed by atoms with Crippen molar-refractivity contribution in [1.82, 2.24) is 14.9 Å². The third kappa shape index (κ3) is 2.05. The molecule has 0 saturated carbocycles. The Labute approximate surface area is 77.4 Å². The molecular formula is C9H12N4. The zero-order valence-corrected chi connectivity index (χ0v) is 7.57. The van der Waals surface area contributed by atoms with E-state index in [2.05, 4.69) is 23.1 Å². The molecule has 4 nitrogen and oxygen atoms in total. The van der Waals surface area contributed by atoms with Crippen molar-refractivity contribution in [3.63, 3.8) is 0 Å². The molecule has 0 aliphatic heterocycles. The molecule has 1 heterocycles. The monoisotopic (exact) mass is 176 g/mol. The van der Waals surface area contributed by atoms with Gasteiger partial charge in [-0.2, -0.15) is 0 Å². The van der Waals surface area contributed by atoms with E-state index in [4.69, 9.17) is 5.73 Å². The Balaban J connectivity index is 2.86. The van der Waals surface area contributed by atoms with Gasteiger partial charge in [0.15, 0.2) is 5.82 Å². The van der Waals surface area contributed by atoms with Crippen LogP contribution in [0.25, 0.3) is 5.70 Å². The third-order valence-electron chi connectivity index (χ3n) is 1.66. The van der Waals surface area contributed by atoms with E-state index in [1.54, 1.807) is 30.4 Å². The van der Waals surface area contributed by atoms with Crippen molar-refractivity contribution in [3.05, 3.63) is 43.3 Å². The van der Waals surface area contributed by atoms with Gasteiger partial charge in [0.2, 0.25) is 0 Å². The molecule has 0 spiro atoms. The van der Waals surface area contributed by atoms with Gasteiger partial charge in [0.1, 0.15) is 0 Å². The molecule has 4 heteroatoms. The summed E-state index contributed by atoms with van der Waals surface area (Å²) in [5, 5.41) is 0. The van der Waals surface area contributed by atoms with E-state index in [1.165, 1.54) is 0 Å². The van der Waals surface area contributed by atoms with Crippen LogP contribution in [0.5, 0.6) is 0 Å². The molecule has 2 N–H and O–H groups in total. The van der Waals surface area contributed by atoms with Crippen molar-refractivity contribution in [2.45, 2.75) is 0 Å². The summed E-state index contributed by atoms with van der Waals surface area (Å²) in [4.78, 5) is 9.70. The highest BCUT2D eigenvalue weighted by molar-refractivity contribution is 5.56. The topological polar surface area (TPSA) is 55.0 Å². The lowest BCUT2D eigenvalue weighted by atomic mass is 10.4. The average molecular weight is 176 g/mol. The predicted molar refractivity (Wildman–Crippen MR) is 52.2 cm³/mol. The Morgan fingerprint density at radius 1 is 1.38 bits per heavy atom. The SMILES string of the molecule is C=C(N)N(C)C(=C)c1ncccn1. The zero-order valence-electron chi connectivity index (χ0n) is 7.57. The highest BCUT2D eigenvalue weighted by Gasteiger charge is 2.07. The molecule has 0 aliphatic rings. The Hall–Kier alpha value is -1.84. The minimum Gasteiger partial charge on any atom is -0.386 e. The van der Waals surface area contributed by atoms with E-state index >= 15 is 0 Å². The normalized spacial score (nSPS) is 9.31. The quantitative estimate of drug-likeness (QED) is 0.740. The molecule has 0 aliphatic carbocycles. The minimum absolute atomic E-state index is 0.414. The van der Waals surface area contributed by atoms with Crippen molar-refractivity contribution in [1.29, 1.82) is 0 Å². The van der Waals surface area contributed by atoms with Crippen LogP contribution in [0.4, 0.5) is 0 Å². The first kappa shape index (κ1) is 9.25. The molecule has 68 valence electrons. The van der Waals surface area contributed by atoms with Gasteiger partial charge in [0, 0.05) is 19.4 Å². The fourth-order valence-electron chi connectivity index (χ4n) is 0.771. The molecular weight excluding hydrogens is 164 g/mol. The molecule has 0 fully saturated rings. The van der Waals surface area contributed by atoms with Crippen LogP contribution in [-0.2, 0) is 0 Å². The average Bonchev–Trinajstić information content (AvgIpc) is 2.17.